The van der Waals surface area contributed by atoms with E-state index in [0.717, 1.165) is 5.56 Å². The number of carboxylic acid groups (broad SMARTS) is 2. The number of guanidine groups is 1. The van der Waals surface area contributed by atoms with Crippen molar-refractivity contribution in [2.75, 3.05) is 19.7 Å². The van der Waals surface area contributed by atoms with E-state index in [9.17, 15) is 63.3 Å². The zero-order chi connectivity index (χ0) is 61.0. The summed E-state index contributed by atoms with van der Waals surface area (Å²) in [5.41, 5.74) is 19.1. The number of amides is 8. The Balaban J connectivity index is 1.63. The molecule has 8 amide bonds. The molecular weight excluding hydrogens is 1070 g/mol. The summed E-state index contributed by atoms with van der Waals surface area (Å²) in [5, 5.41) is 51.4. The Morgan fingerprint density at radius 2 is 0.976 bits per heavy atom. The van der Waals surface area contributed by atoms with Crippen molar-refractivity contribution in [1.29, 1.82) is 0 Å². The Labute approximate surface area is 480 Å². The number of carboxylic acids is 2. The number of unbranched alkanes of at least 4 members (excludes halogenated alkanes) is 1. The first-order valence-corrected chi connectivity index (χ1v) is 27.4. The third-order valence-electron chi connectivity index (χ3n) is 13.2. The van der Waals surface area contributed by atoms with Gasteiger partial charge in [0.05, 0.1) is 6.61 Å². The number of benzene rings is 3. The minimum absolute atomic E-state index is 0.0179. The summed E-state index contributed by atoms with van der Waals surface area (Å²) < 4.78 is 0. The Kier molecular flexibility index (Phi) is 27.6. The van der Waals surface area contributed by atoms with E-state index in [0.29, 0.717) is 41.4 Å². The lowest BCUT2D eigenvalue weighted by Gasteiger charge is -2.28. The first-order chi connectivity index (χ1) is 39.6. The molecule has 0 bridgehead atoms. The van der Waals surface area contributed by atoms with Gasteiger partial charge < -0.3 is 80.0 Å². The zero-order valence-electron chi connectivity index (χ0n) is 46.9. The van der Waals surface area contributed by atoms with Crippen LogP contribution in [0.1, 0.15) is 88.8 Å². The molecule has 0 saturated carbocycles. The molecule has 18 N–H and O–H groups in total. The average molecular weight is 1150 g/mol. The summed E-state index contributed by atoms with van der Waals surface area (Å²) in [7, 11) is 0. The van der Waals surface area contributed by atoms with Crippen molar-refractivity contribution in [3.63, 3.8) is 0 Å². The van der Waals surface area contributed by atoms with E-state index in [4.69, 9.17) is 17.2 Å². The van der Waals surface area contributed by atoms with Gasteiger partial charge in [-0.25, -0.2) is 4.79 Å². The number of carbonyl (C=O) groups is 10. The van der Waals surface area contributed by atoms with Crippen LogP contribution in [0.2, 0.25) is 0 Å². The summed E-state index contributed by atoms with van der Waals surface area (Å²) in [4.78, 5) is 143. The van der Waals surface area contributed by atoms with Gasteiger partial charge in [0.2, 0.25) is 47.3 Å². The number of aromatic nitrogens is 1. The second-order valence-electron chi connectivity index (χ2n) is 20.4. The molecule has 0 unspecified atom stereocenters. The molecule has 1 aromatic heterocycles. The van der Waals surface area contributed by atoms with Crippen LogP contribution >= 0.6 is 0 Å². The fourth-order valence-electron chi connectivity index (χ4n) is 8.96. The van der Waals surface area contributed by atoms with E-state index in [-0.39, 0.29) is 63.4 Å². The lowest BCUT2D eigenvalue weighted by molar-refractivity contribution is -0.142. The molecule has 4 aromatic rings. The molecule has 0 fully saturated rings. The second-order valence-corrected chi connectivity index (χ2v) is 20.4. The number of fused-ring (bicyclic) bond motifs is 1. The number of aliphatic carboxylic acids is 2. The summed E-state index contributed by atoms with van der Waals surface area (Å²) in [6, 6.07) is 13.0. The van der Waals surface area contributed by atoms with Crippen LogP contribution in [-0.4, -0.2) is 153 Å². The molecule has 26 heteroatoms. The van der Waals surface area contributed by atoms with E-state index < -0.39 is 127 Å². The number of rotatable bonds is 36. The third kappa shape index (κ3) is 23.2. The smallest absolute Gasteiger partial charge is 0.326 e. The maximum Gasteiger partial charge on any atom is 0.326 e. The van der Waals surface area contributed by atoms with Gasteiger partial charge >= 0.3 is 11.9 Å². The number of hydrogen-bond donors (Lipinski definition) is 15. The van der Waals surface area contributed by atoms with Gasteiger partial charge in [0.1, 0.15) is 48.3 Å². The standard InChI is InChI=1S/C57H79N13O13/c1-33(2)27-43(51(77)66-42(56(82)83)21-12-13-25-58)67-49(75)40(22-14-26-61-57(59)60)64-50(76)41(23-24-48(73)74)65-55(81)47(32-71)70-54(80)46(30-37-31-62-39-20-11-10-19-38(37)39)69-53(79)45(29-36-17-8-5-9-18-36)68-52(78)44(63-34(3)72)28-35-15-6-4-7-16-35/h4-11,15-20,31,33,40-47,62,71H,12-14,21-30,32,58H2,1-3H3,(H,63,72)(H,64,76)(H,65,81)(H,66,77)(H,67,75)(H,68,78)(H,69,79)(H,70,80)(H,73,74)(H,82,83)(H4,59,60,61)/t40-,41+,42+,43+,44-,45-,46-,47+/m1/s1. The molecule has 83 heavy (non-hydrogen) atoms. The summed E-state index contributed by atoms with van der Waals surface area (Å²) in [6.07, 6.45) is 1.06. The molecular formula is C57H79N13O13. The highest BCUT2D eigenvalue weighted by molar-refractivity contribution is 5.98. The fraction of sp³-hybridized carbons (Fsp3) is 0.456. The van der Waals surface area contributed by atoms with Gasteiger partial charge in [-0.15, -0.1) is 0 Å². The molecule has 0 aliphatic rings. The van der Waals surface area contributed by atoms with Crippen LogP contribution in [-0.2, 0) is 67.2 Å². The Hall–Kier alpha value is -8.91. The molecule has 0 saturated heterocycles. The lowest BCUT2D eigenvalue weighted by atomic mass is 10.0. The predicted molar refractivity (Wildman–Crippen MR) is 307 cm³/mol. The van der Waals surface area contributed by atoms with Crippen molar-refractivity contribution in [1.82, 2.24) is 47.5 Å². The number of aliphatic hydroxyl groups is 1. The molecule has 0 radical (unpaired) electrons. The minimum Gasteiger partial charge on any atom is -0.481 e. The number of nitrogens with one attached hydrogen (secondary N) is 9. The number of H-pyrrole nitrogens is 1. The number of aliphatic imine (C=N–C) groups is 1. The molecule has 450 valence electrons. The van der Waals surface area contributed by atoms with Gasteiger partial charge in [-0.05, 0) is 80.2 Å². The topological polar surface area (TPSA) is 434 Å². The monoisotopic (exact) mass is 1150 g/mol. The van der Waals surface area contributed by atoms with Crippen LogP contribution in [0.3, 0.4) is 0 Å². The van der Waals surface area contributed by atoms with Gasteiger partial charge in [0, 0.05) is 56.3 Å². The highest BCUT2D eigenvalue weighted by Gasteiger charge is 2.35. The molecule has 0 aliphatic carbocycles. The number of aliphatic hydroxyl groups excluding tert-OH is 1. The van der Waals surface area contributed by atoms with E-state index in [1.54, 1.807) is 105 Å². The van der Waals surface area contributed by atoms with Crippen molar-refractivity contribution >= 4 is 76.1 Å². The summed E-state index contributed by atoms with van der Waals surface area (Å²) in [5.74, 6) is -10.2. The van der Waals surface area contributed by atoms with Gasteiger partial charge in [-0.2, -0.15) is 0 Å². The predicted octanol–water partition coefficient (Wildman–Crippen LogP) is -0.736. The molecule has 0 aliphatic heterocycles. The fourth-order valence-corrected chi connectivity index (χ4v) is 8.96. The highest BCUT2D eigenvalue weighted by atomic mass is 16.4. The second kappa shape index (κ2) is 34.4. The number of nitrogens with two attached hydrogens (primary N) is 3. The molecule has 3 aromatic carbocycles. The SMILES string of the molecule is CC(=O)N[C@H](Cc1ccccc1)C(=O)N[C@H](Cc1ccccc1)C(=O)N[C@H](Cc1c[nH]c2ccccc12)C(=O)N[C@@H](CO)C(=O)N[C@@H](CCC(=O)O)C(=O)N[C@H](CCCN=C(N)N)C(=O)N[C@@H](CC(C)C)C(=O)N[C@@H](CCCCN)C(=O)O. The van der Waals surface area contributed by atoms with E-state index >= 15 is 0 Å². The van der Waals surface area contributed by atoms with Crippen LogP contribution in [0.25, 0.3) is 10.9 Å². The average Bonchev–Trinajstić information content (AvgIpc) is 4.13. The Morgan fingerprint density at radius 3 is 1.49 bits per heavy atom. The molecule has 0 spiro atoms. The Morgan fingerprint density at radius 1 is 0.530 bits per heavy atom. The quantitative estimate of drug-likeness (QED) is 0.0152. The molecule has 4 rings (SSSR count). The van der Waals surface area contributed by atoms with Gasteiger partial charge in [-0.3, -0.25) is 48.1 Å². The minimum atomic E-state index is -1.85. The maximum atomic E-state index is 14.6. The van der Waals surface area contributed by atoms with Crippen LogP contribution in [0.5, 0.6) is 0 Å². The number of carbonyl (C=O) groups excluding carboxylic acids is 8. The maximum absolute atomic E-state index is 14.6. The van der Waals surface area contributed by atoms with Crippen molar-refractivity contribution in [3.05, 3.63) is 108 Å². The first-order valence-electron chi connectivity index (χ1n) is 27.4. The zero-order valence-corrected chi connectivity index (χ0v) is 46.9. The molecule has 8 atom stereocenters. The van der Waals surface area contributed by atoms with Crippen LogP contribution in [0.4, 0.5) is 0 Å². The van der Waals surface area contributed by atoms with Gasteiger partial charge in [0.15, 0.2) is 5.96 Å². The van der Waals surface area contributed by atoms with Crippen LogP contribution < -0.4 is 59.7 Å². The van der Waals surface area contributed by atoms with E-state index in [1.807, 2.05) is 0 Å². The normalized spacial score (nSPS) is 14.0. The first kappa shape index (κ1) is 66.6. The van der Waals surface area contributed by atoms with Crippen molar-refractivity contribution < 1.29 is 63.3 Å². The van der Waals surface area contributed by atoms with Crippen molar-refractivity contribution in [3.8, 4) is 0 Å². The van der Waals surface area contributed by atoms with Gasteiger partial charge in [0.25, 0.3) is 0 Å². The highest BCUT2D eigenvalue weighted by Crippen LogP contribution is 2.20. The molecule has 26 nitrogen and oxygen atoms in total. The summed E-state index contributed by atoms with van der Waals surface area (Å²) >= 11 is 0. The number of aromatic amines is 1. The molecule has 1 heterocycles. The third-order valence-corrected chi connectivity index (χ3v) is 13.2. The van der Waals surface area contributed by atoms with Crippen molar-refractivity contribution in [2.45, 2.75) is 140 Å². The largest absolute Gasteiger partial charge is 0.481 e. The number of hydrogen-bond acceptors (Lipinski definition) is 13. The number of para-hydroxylation sites is 1. The number of nitrogens with zero attached hydrogens (tertiary/aromatic N) is 1. The van der Waals surface area contributed by atoms with Gasteiger partial charge in [-0.1, -0.05) is 92.7 Å². The van der Waals surface area contributed by atoms with Crippen LogP contribution in [0.15, 0.2) is 96.1 Å². The van der Waals surface area contributed by atoms with Crippen LogP contribution in [0, 0.1) is 5.92 Å². The Bertz CT molecular complexity index is 2850. The van der Waals surface area contributed by atoms with E-state index in [1.165, 1.54) is 6.92 Å². The van der Waals surface area contributed by atoms with E-state index in [2.05, 4.69) is 52.5 Å². The lowest BCUT2D eigenvalue weighted by Crippen LogP contribution is -2.61. The summed E-state index contributed by atoms with van der Waals surface area (Å²) in [6.45, 7) is 3.98. The van der Waals surface area contributed by atoms with Crippen molar-refractivity contribution in [2.24, 2.45) is 28.1 Å².